The Hall–Kier alpha value is -3.50. The predicted molar refractivity (Wildman–Crippen MR) is 125 cm³/mol. The van der Waals surface area contributed by atoms with Crippen LogP contribution in [0.25, 0.3) is 10.9 Å². The van der Waals surface area contributed by atoms with Crippen LogP contribution in [-0.2, 0) is 31.0 Å². The summed E-state index contributed by atoms with van der Waals surface area (Å²) >= 11 is 0. The standard InChI is InChI=1S/C24H25N3O6S/c1-16-12-18(21-6-4-5-7-22(21)25-16)13-33-19-8-10-20(11-9-19)34(30,31)26-24(23(29)32-3)14-27(15-24)17(2)28/h4-12,26H,13-15H2,1-3H3. The average Bonchev–Trinajstić information content (AvgIpc) is 2.79. The third-order valence-electron chi connectivity index (χ3n) is 5.73. The molecule has 0 aliphatic carbocycles. The fraction of sp³-hybridized carbons (Fsp3) is 0.292. The first-order chi connectivity index (χ1) is 16.1. The highest BCUT2D eigenvalue weighted by Gasteiger charge is 2.54. The fourth-order valence-corrected chi connectivity index (χ4v) is 5.30. The van der Waals surface area contributed by atoms with Crippen molar-refractivity contribution in [1.82, 2.24) is 14.6 Å². The zero-order valence-electron chi connectivity index (χ0n) is 19.1. The lowest BCUT2D eigenvalue weighted by atomic mass is 9.91. The van der Waals surface area contributed by atoms with E-state index in [4.69, 9.17) is 9.47 Å². The molecule has 0 spiro atoms. The fourth-order valence-electron chi connectivity index (χ4n) is 3.97. The number of carbonyl (C=O) groups excluding carboxylic acids is 2. The first kappa shape index (κ1) is 23.7. The number of sulfonamides is 1. The first-order valence-corrected chi connectivity index (χ1v) is 12.1. The van der Waals surface area contributed by atoms with E-state index < -0.39 is 21.5 Å². The molecule has 1 aliphatic heterocycles. The molecule has 1 fully saturated rings. The van der Waals surface area contributed by atoms with E-state index in [-0.39, 0.29) is 23.9 Å². The van der Waals surface area contributed by atoms with Crippen molar-refractivity contribution in [3.05, 3.63) is 65.9 Å². The minimum Gasteiger partial charge on any atom is -0.489 e. The number of rotatable bonds is 7. The average molecular weight is 484 g/mol. The largest absolute Gasteiger partial charge is 0.489 e. The van der Waals surface area contributed by atoms with Gasteiger partial charge >= 0.3 is 5.97 Å². The number of methoxy groups -OCH3 is 1. The Kier molecular flexibility index (Phi) is 6.28. The second kappa shape index (κ2) is 9.03. The van der Waals surface area contributed by atoms with Crippen LogP contribution >= 0.6 is 0 Å². The Morgan fingerprint density at radius 1 is 1.12 bits per heavy atom. The number of aromatic nitrogens is 1. The Balaban J connectivity index is 1.48. The van der Waals surface area contributed by atoms with Crippen LogP contribution in [0.4, 0.5) is 0 Å². The van der Waals surface area contributed by atoms with Gasteiger partial charge in [0.2, 0.25) is 15.9 Å². The Labute approximate surface area is 197 Å². The topological polar surface area (TPSA) is 115 Å². The molecule has 2 aromatic carbocycles. The van der Waals surface area contributed by atoms with Gasteiger partial charge in [-0.2, -0.15) is 4.72 Å². The number of para-hydroxylation sites is 1. The maximum atomic E-state index is 12.9. The van der Waals surface area contributed by atoms with Crippen molar-refractivity contribution in [2.45, 2.75) is 30.9 Å². The lowest BCUT2D eigenvalue weighted by Crippen LogP contribution is -2.74. The van der Waals surface area contributed by atoms with Crippen LogP contribution in [0.1, 0.15) is 18.2 Å². The number of ether oxygens (including phenoxy) is 2. The second-order valence-electron chi connectivity index (χ2n) is 8.25. The highest BCUT2D eigenvalue weighted by molar-refractivity contribution is 7.89. The predicted octanol–water partition coefficient (Wildman–Crippen LogP) is 2.17. The zero-order valence-corrected chi connectivity index (χ0v) is 19.9. The quantitative estimate of drug-likeness (QED) is 0.512. The molecule has 178 valence electrons. The van der Waals surface area contributed by atoms with Crippen molar-refractivity contribution in [1.29, 1.82) is 0 Å². The number of esters is 1. The molecular formula is C24H25N3O6S. The number of pyridine rings is 1. The highest BCUT2D eigenvalue weighted by atomic mass is 32.2. The van der Waals surface area contributed by atoms with Crippen LogP contribution in [0, 0.1) is 6.92 Å². The molecule has 1 N–H and O–H groups in total. The number of amides is 1. The maximum Gasteiger partial charge on any atom is 0.330 e. The molecule has 1 amide bonds. The van der Waals surface area contributed by atoms with Crippen LogP contribution in [0.15, 0.2) is 59.5 Å². The van der Waals surface area contributed by atoms with E-state index in [1.807, 2.05) is 37.3 Å². The molecule has 0 saturated carbocycles. The third kappa shape index (κ3) is 4.59. The molecule has 0 atom stereocenters. The molecular weight excluding hydrogens is 458 g/mol. The van der Waals surface area contributed by atoms with Crippen LogP contribution in [-0.4, -0.2) is 55.9 Å². The summed E-state index contributed by atoms with van der Waals surface area (Å²) in [4.78, 5) is 29.7. The van der Waals surface area contributed by atoms with E-state index >= 15 is 0 Å². The Bertz CT molecular complexity index is 1350. The summed E-state index contributed by atoms with van der Waals surface area (Å²) in [6.45, 7) is 3.38. The van der Waals surface area contributed by atoms with Crippen LogP contribution in [0.2, 0.25) is 0 Å². The third-order valence-corrected chi connectivity index (χ3v) is 7.28. The van der Waals surface area contributed by atoms with E-state index in [9.17, 15) is 18.0 Å². The van der Waals surface area contributed by atoms with Gasteiger partial charge in [-0.3, -0.25) is 9.78 Å². The van der Waals surface area contributed by atoms with Crippen LogP contribution < -0.4 is 9.46 Å². The molecule has 4 rings (SSSR count). The molecule has 0 unspecified atom stereocenters. The van der Waals surface area contributed by atoms with Gasteiger partial charge in [-0.15, -0.1) is 0 Å². The van der Waals surface area contributed by atoms with E-state index in [0.29, 0.717) is 12.4 Å². The molecule has 0 bridgehead atoms. The number of likely N-dealkylation sites (tertiary alicyclic amines) is 1. The Morgan fingerprint density at radius 3 is 2.44 bits per heavy atom. The number of hydrogen-bond acceptors (Lipinski definition) is 7. The van der Waals surface area contributed by atoms with Gasteiger partial charge in [-0.25, -0.2) is 13.2 Å². The Morgan fingerprint density at radius 2 is 1.79 bits per heavy atom. The van der Waals surface area contributed by atoms with Crippen molar-refractivity contribution in [3.63, 3.8) is 0 Å². The summed E-state index contributed by atoms with van der Waals surface area (Å²) in [6.07, 6.45) is 0. The number of aryl methyl sites for hydroxylation is 1. The first-order valence-electron chi connectivity index (χ1n) is 10.6. The van der Waals surface area contributed by atoms with Gasteiger partial charge in [-0.1, -0.05) is 18.2 Å². The van der Waals surface area contributed by atoms with E-state index in [2.05, 4.69) is 9.71 Å². The van der Waals surface area contributed by atoms with Gasteiger partial charge < -0.3 is 14.4 Å². The number of nitrogens with zero attached hydrogens (tertiary/aromatic N) is 2. The van der Waals surface area contributed by atoms with Crippen LogP contribution in [0.3, 0.4) is 0 Å². The van der Waals surface area contributed by atoms with Gasteiger partial charge in [0.15, 0.2) is 5.54 Å². The zero-order chi connectivity index (χ0) is 24.5. The van der Waals surface area contributed by atoms with Crippen LogP contribution in [0.5, 0.6) is 5.75 Å². The molecule has 1 aliphatic rings. The van der Waals surface area contributed by atoms with Gasteiger partial charge in [0.25, 0.3) is 0 Å². The monoisotopic (exact) mass is 483 g/mol. The number of carbonyl (C=O) groups is 2. The molecule has 0 radical (unpaired) electrons. The van der Waals surface area contributed by atoms with E-state index in [0.717, 1.165) is 22.2 Å². The van der Waals surface area contributed by atoms with Crippen molar-refractivity contribution in [2.24, 2.45) is 0 Å². The lowest BCUT2D eigenvalue weighted by Gasteiger charge is -2.47. The molecule has 1 aromatic heterocycles. The molecule has 10 heteroatoms. The SMILES string of the molecule is COC(=O)C1(NS(=O)(=O)c2ccc(OCc3cc(C)nc4ccccc34)cc2)CN(C(C)=O)C1. The maximum absolute atomic E-state index is 12.9. The molecule has 9 nitrogen and oxygen atoms in total. The van der Waals surface area contributed by atoms with Gasteiger partial charge in [0.05, 0.1) is 30.6 Å². The summed E-state index contributed by atoms with van der Waals surface area (Å²) in [6, 6.07) is 15.7. The number of fused-ring (bicyclic) bond motifs is 1. The summed E-state index contributed by atoms with van der Waals surface area (Å²) < 4.78 is 39.0. The van der Waals surface area contributed by atoms with Crippen molar-refractivity contribution < 1.29 is 27.5 Å². The number of nitrogens with one attached hydrogen (secondary N) is 1. The summed E-state index contributed by atoms with van der Waals surface area (Å²) in [7, 11) is -2.88. The van der Waals surface area contributed by atoms with Crippen molar-refractivity contribution >= 4 is 32.8 Å². The number of hydrogen-bond donors (Lipinski definition) is 1. The minimum atomic E-state index is -4.05. The highest BCUT2D eigenvalue weighted by Crippen LogP contribution is 2.27. The van der Waals surface area contributed by atoms with Crippen molar-refractivity contribution in [3.8, 4) is 5.75 Å². The molecule has 3 aromatic rings. The lowest BCUT2D eigenvalue weighted by molar-refractivity contribution is -0.159. The molecule has 2 heterocycles. The normalized spacial score (nSPS) is 15.0. The molecule has 1 saturated heterocycles. The summed E-state index contributed by atoms with van der Waals surface area (Å²) in [5, 5.41) is 0.990. The number of benzene rings is 2. The van der Waals surface area contributed by atoms with E-state index in [1.165, 1.54) is 31.1 Å². The second-order valence-corrected chi connectivity index (χ2v) is 9.94. The van der Waals surface area contributed by atoms with Gasteiger partial charge in [0, 0.05) is 23.6 Å². The van der Waals surface area contributed by atoms with Crippen molar-refractivity contribution in [2.75, 3.05) is 20.2 Å². The molecule has 34 heavy (non-hydrogen) atoms. The smallest absolute Gasteiger partial charge is 0.330 e. The summed E-state index contributed by atoms with van der Waals surface area (Å²) in [5.74, 6) is -0.502. The van der Waals surface area contributed by atoms with Gasteiger partial charge in [0.1, 0.15) is 12.4 Å². The van der Waals surface area contributed by atoms with E-state index in [1.54, 1.807) is 12.1 Å². The van der Waals surface area contributed by atoms with Gasteiger partial charge in [-0.05, 0) is 43.3 Å². The minimum absolute atomic E-state index is 0.0328. The summed E-state index contributed by atoms with van der Waals surface area (Å²) in [5.41, 5.74) is 1.23.